The van der Waals surface area contributed by atoms with Crippen molar-refractivity contribution < 1.29 is 19.4 Å². The Balaban J connectivity index is 1.88. The molecule has 1 aromatic rings. The van der Waals surface area contributed by atoms with Gasteiger partial charge in [-0.3, -0.25) is 4.79 Å². The van der Waals surface area contributed by atoms with Gasteiger partial charge in [-0.1, -0.05) is 0 Å². The summed E-state index contributed by atoms with van der Waals surface area (Å²) < 4.78 is 5.58. The summed E-state index contributed by atoms with van der Waals surface area (Å²) in [6.07, 6.45) is 0.00887. The summed E-state index contributed by atoms with van der Waals surface area (Å²) in [5, 5.41) is 8.73. The van der Waals surface area contributed by atoms with Crippen molar-refractivity contribution in [1.82, 2.24) is 4.90 Å². The monoisotopic (exact) mass is 235 g/mol. The molecule has 1 N–H and O–H groups in total. The third kappa shape index (κ3) is 2.55. The predicted molar refractivity (Wildman–Crippen MR) is 60.1 cm³/mol. The van der Waals surface area contributed by atoms with Crippen LogP contribution in [0.15, 0.2) is 24.3 Å². The summed E-state index contributed by atoms with van der Waals surface area (Å²) in [5.74, 6) is -0.280. The minimum absolute atomic E-state index is 0.00887. The highest BCUT2D eigenvalue weighted by Crippen LogP contribution is 2.18. The Kier molecular flexibility index (Phi) is 2.99. The van der Waals surface area contributed by atoms with Crippen molar-refractivity contribution in [1.29, 1.82) is 0 Å². The lowest BCUT2D eigenvalue weighted by atomic mass is 10.1. The van der Waals surface area contributed by atoms with Gasteiger partial charge < -0.3 is 14.7 Å². The van der Waals surface area contributed by atoms with Gasteiger partial charge in [0, 0.05) is 6.92 Å². The summed E-state index contributed by atoms with van der Waals surface area (Å²) >= 11 is 0. The molecule has 0 bridgehead atoms. The van der Waals surface area contributed by atoms with Crippen LogP contribution in [-0.2, 0) is 4.79 Å². The summed E-state index contributed by atoms with van der Waals surface area (Å²) in [6.45, 7) is 2.71. The first-order chi connectivity index (χ1) is 8.06. The number of hydrogen-bond donors (Lipinski definition) is 1. The highest BCUT2D eigenvalue weighted by molar-refractivity contribution is 5.87. The van der Waals surface area contributed by atoms with E-state index in [1.165, 1.54) is 19.1 Å². The van der Waals surface area contributed by atoms with Gasteiger partial charge in [0.05, 0.1) is 18.7 Å². The third-order valence-electron chi connectivity index (χ3n) is 2.70. The molecule has 1 aliphatic heterocycles. The molecule has 1 heterocycles. The Morgan fingerprint density at radius 1 is 1.29 bits per heavy atom. The number of likely N-dealkylation sites (tertiary alicyclic amines) is 1. The number of carbonyl (C=O) groups is 2. The quantitative estimate of drug-likeness (QED) is 0.848. The van der Waals surface area contributed by atoms with Gasteiger partial charge in [-0.25, -0.2) is 4.79 Å². The summed E-state index contributed by atoms with van der Waals surface area (Å²) in [6, 6.07) is 6.25. The average Bonchev–Trinajstić information content (AvgIpc) is 2.23. The summed E-state index contributed by atoms with van der Waals surface area (Å²) in [7, 11) is 0. The zero-order valence-corrected chi connectivity index (χ0v) is 9.42. The molecule has 0 aliphatic carbocycles. The molecule has 5 heteroatoms. The smallest absolute Gasteiger partial charge is 0.335 e. The molecule has 2 rings (SSSR count). The first-order valence-corrected chi connectivity index (χ1v) is 5.32. The van der Waals surface area contributed by atoms with E-state index in [9.17, 15) is 9.59 Å². The van der Waals surface area contributed by atoms with Crippen LogP contribution in [0.4, 0.5) is 0 Å². The number of rotatable bonds is 3. The number of hydrogen-bond acceptors (Lipinski definition) is 3. The molecule has 0 spiro atoms. The van der Waals surface area contributed by atoms with Crippen molar-refractivity contribution in [3.63, 3.8) is 0 Å². The normalized spacial score (nSPS) is 15.2. The van der Waals surface area contributed by atoms with E-state index >= 15 is 0 Å². The number of carboxylic acid groups (broad SMARTS) is 1. The van der Waals surface area contributed by atoms with Gasteiger partial charge >= 0.3 is 5.97 Å². The van der Waals surface area contributed by atoms with Gasteiger partial charge in [0.25, 0.3) is 0 Å². The Hall–Kier alpha value is -2.04. The summed E-state index contributed by atoms with van der Waals surface area (Å²) in [4.78, 5) is 23.3. The summed E-state index contributed by atoms with van der Waals surface area (Å²) in [5.41, 5.74) is 0.233. The number of nitrogens with zero attached hydrogens (tertiary/aromatic N) is 1. The highest BCUT2D eigenvalue weighted by Gasteiger charge is 2.30. The number of amides is 1. The second kappa shape index (κ2) is 4.45. The second-order valence-corrected chi connectivity index (χ2v) is 3.99. The van der Waals surface area contributed by atoms with Crippen molar-refractivity contribution in [2.45, 2.75) is 13.0 Å². The van der Waals surface area contributed by atoms with Gasteiger partial charge in [0.2, 0.25) is 5.91 Å². The number of carbonyl (C=O) groups excluding carboxylic acids is 1. The molecular weight excluding hydrogens is 222 g/mol. The van der Waals surface area contributed by atoms with Crippen molar-refractivity contribution >= 4 is 11.9 Å². The van der Waals surface area contributed by atoms with Crippen LogP contribution in [-0.4, -0.2) is 41.1 Å². The number of aromatic carboxylic acids is 1. The fraction of sp³-hybridized carbons (Fsp3) is 0.333. The Morgan fingerprint density at radius 2 is 1.88 bits per heavy atom. The molecule has 5 nitrogen and oxygen atoms in total. The molecule has 1 saturated heterocycles. The SMILES string of the molecule is CC(=O)N1CC(Oc2ccc(C(=O)O)cc2)C1. The molecule has 0 atom stereocenters. The topological polar surface area (TPSA) is 66.8 Å². The maximum Gasteiger partial charge on any atom is 0.335 e. The van der Waals surface area contributed by atoms with E-state index in [-0.39, 0.29) is 17.6 Å². The Morgan fingerprint density at radius 3 is 2.35 bits per heavy atom. The first-order valence-electron chi connectivity index (χ1n) is 5.32. The van der Waals surface area contributed by atoms with E-state index in [4.69, 9.17) is 9.84 Å². The highest BCUT2D eigenvalue weighted by atomic mass is 16.5. The van der Waals surface area contributed by atoms with Crippen molar-refractivity contribution in [3.8, 4) is 5.75 Å². The predicted octanol–water partition coefficient (Wildman–Crippen LogP) is 0.994. The number of benzene rings is 1. The lowest BCUT2D eigenvalue weighted by Gasteiger charge is -2.38. The molecular formula is C12H13NO4. The van der Waals surface area contributed by atoms with Crippen LogP contribution in [0.25, 0.3) is 0 Å². The largest absolute Gasteiger partial charge is 0.487 e. The van der Waals surface area contributed by atoms with Crippen LogP contribution in [0, 0.1) is 0 Å². The number of carboxylic acids is 1. The molecule has 17 heavy (non-hydrogen) atoms. The van der Waals surface area contributed by atoms with Crippen molar-refractivity contribution in [3.05, 3.63) is 29.8 Å². The molecule has 0 unspecified atom stereocenters. The maximum absolute atomic E-state index is 10.9. The van der Waals surface area contributed by atoms with Crippen LogP contribution >= 0.6 is 0 Å². The zero-order chi connectivity index (χ0) is 12.4. The molecule has 1 fully saturated rings. The van der Waals surface area contributed by atoms with E-state index in [0.29, 0.717) is 18.8 Å². The van der Waals surface area contributed by atoms with E-state index < -0.39 is 5.97 Å². The minimum Gasteiger partial charge on any atom is -0.487 e. The van der Waals surface area contributed by atoms with Gasteiger partial charge in [0.1, 0.15) is 11.9 Å². The van der Waals surface area contributed by atoms with Gasteiger partial charge in [-0.15, -0.1) is 0 Å². The fourth-order valence-corrected chi connectivity index (χ4v) is 1.64. The Labute approximate surface area is 98.6 Å². The van der Waals surface area contributed by atoms with Crippen LogP contribution in [0.3, 0.4) is 0 Å². The fourth-order valence-electron chi connectivity index (χ4n) is 1.64. The van der Waals surface area contributed by atoms with Gasteiger partial charge in [0.15, 0.2) is 0 Å². The molecule has 1 aliphatic rings. The molecule has 0 saturated carbocycles. The molecule has 90 valence electrons. The third-order valence-corrected chi connectivity index (χ3v) is 2.70. The Bertz CT molecular complexity index is 434. The van der Waals surface area contributed by atoms with Gasteiger partial charge in [-0.2, -0.15) is 0 Å². The van der Waals surface area contributed by atoms with Crippen LogP contribution in [0.2, 0.25) is 0 Å². The van der Waals surface area contributed by atoms with Crippen LogP contribution < -0.4 is 4.74 Å². The zero-order valence-electron chi connectivity index (χ0n) is 9.42. The van der Waals surface area contributed by atoms with E-state index in [2.05, 4.69) is 0 Å². The van der Waals surface area contributed by atoms with Gasteiger partial charge in [-0.05, 0) is 24.3 Å². The minimum atomic E-state index is -0.956. The standard InChI is InChI=1S/C12H13NO4/c1-8(14)13-6-11(7-13)17-10-4-2-9(3-5-10)12(15)16/h2-5,11H,6-7H2,1H3,(H,15,16). The van der Waals surface area contributed by atoms with E-state index in [1.54, 1.807) is 17.0 Å². The number of ether oxygens (including phenoxy) is 1. The first kappa shape index (κ1) is 11.4. The van der Waals surface area contributed by atoms with E-state index in [1.807, 2.05) is 0 Å². The lowest BCUT2D eigenvalue weighted by Crippen LogP contribution is -2.55. The lowest BCUT2D eigenvalue weighted by molar-refractivity contribution is -0.137. The van der Waals surface area contributed by atoms with Crippen LogP contribution in [0.5, 0.6) is 5.75 Å². The molecule has 1 amide bonds. The average molecular weight is 235 g/mol. The van der Waals surface area contributed by atoms with E-state index in [0.717, 1.165) is 0 Å². The molecule has 0 radical (unpaired) electrons. The van der Waals surface area contributed by atoms with Crippen LogP contribution in [0.1, 0.15) is 17.3 Å². The van der Waals surface area contributed by atoms with Crippen molar-refractivity contribution in [2.75, 3.05) is 13.1 Å². The molecule has 0 aromatic heterocycles. The second-order valence-electron chi connectivity index (χ2n) is 3.99. The maximum atomic E-state index is 10.9. The van der Waals surface area contributed by atoms with Crippen molar-refractivity contribution in [2.24, 2.45) is 0 Å². The molecule has 1 aromatic carbocycles.